The van der Waals surface area contributed by atoms with Crippen LogP contribution in [-0.2, 0) is 25.4 Å². The second kappa shape index (κ2) is 11.9. The van der Waals surface area contributed by atoms with Crippen molar-refractivity contribution in [3.8, 4) is 5.75 Å². The zero-order chi connectivity index (χ0) is 25.4. The van der Waals surface area contributed by atoms with Gasteiger partial charge in [-0.05, 0) is 45.4 Å². The van der Waals surface area contributed by atoms with Crippen molar-refractivity contribution < 1.29 is 33.7 Å². The Hall–Kier alpha value is -3.05. The highest BCUT2D eigenvalue weighted by Crippen LogP contribution is 2.17. The summed E-state index contributed by atoms with van der Waals surface area (Å²) in [5.74, 6) is -0.451. The summed E-state index contributed by atoms with van der Waals surface area (Å²) in [6.07, 6.45) is -0.842. The maximum absolute atomic E-state index is 12.3. The van der Waals surface area contributed by atoms with Crippen molar-refractivity contribution in [3.05, 3.63) is 29.8 Å². The Morgan fingerprint density at radius 3 is 2.21 bits per heavy atom. The Kier molecular flexibility index (Phi) is 9.51. The molecule has 2 amide bonds. The van der Waals surface area contributed by atoms with Crippen LogP contribution in [-0.4, -0.2) is 90.6 Å². The zero-order valence-electron chi connectivity index (χ0n) is 20.6. The molecule has 0 saturated carbocycles. The predicted octanol–water partition coefficient (Wildman–Crippen LogP) is 1.65. The molecule has 190 valence electrons. The third-order valence-electron chi connectivity index (χ3n) is 5.24. The van der Waals surface area contributed by atoms with Gasteiger partial charge in [-0.25, -0.2) is 19.8 Å². The van der Waals surface area contributed by atoms with Crippen molar-refractivity contribution in [3.63, 3.8) is 0 Å². The molecule has 0 radical (unpaired) electrons. The van der Waals surface area contributed by atoms with Crippen LogP contribution in [0.15, 0.2) is 24.3 Å². The molecule has 1 aromatic carbocycles. The normalized spacial score (nSPS) is 16.3. The average Bonchev–Trinajstić information content (AvgIpc) is 2.78. The van der Waals surface area contributed by atoms with Crippen LogP contribution in [0.2, 0.25) is 0 Å². The molecule has 0 spiro atoms. The molecule has 1 aliphatic rings. The van der Waals surface area contributed by atoms with Crippen LogP contribution in [0.3, 0.4) is 0 Å². The lowest BCUT2D eigenvalue weighted by atomic mass is 9.93. The van der Waals surface area contributed by atoms with Crippen molar-refractivity contribution >= 4 is 18.2 Å². The number of esters is 1. The second-order valence-corrected chi connectivity index (χ2v) is 9.36. The van der Waals surface area contributed by atoms with Gasteiger partial charge in [0, 0.05) is 39.1 Å². The standard InChI is InChI=1S/C23H36N4O7/c1-22(2,3)34-21(31)27-12-10-26(11-13-27)14-15-33-20(30)24-25-23(4,19(29)32-5)16-17-6-8-18(28)9-7-17/h6-9,25,28H,10-16H2,1-5H3,(H,24,30). The van der Waals surface area contributed by atoms with E-state index in [1.807, 2.05) is 20.8 Å². The van der Waals surface area contributed by atoms with Gasteiger partial charge in [0.05, 0.1) is 7.11 Å². The summed E-state index contributed by atoms with van der Waals surface area (Å²) < 4.78 is 15.5. The van der Waals surface area contributed by atoms with E-state index >= 15 is 0 Å². The number of aromatic hydroxyl groups is 1. The molecule has 3 N–H and O–H groups in total. The maximum atomic E-state index is 12.3. The summed E-state index contributed by atoms with van der Waals surface area (Å²) in [7, 11) is 1.26. The first-order valence-corrected chi connectivity index (χ1v) is 11.2. The van der Waals surface area contributed by atoms with Crippen LogP contribution in [0.1, 0.15) is 33.3 Å². The Labute approximate surface area is 200 Å². The number of carbonyl (C=O) groups is 3. The summed E-state index contributed by atoms with van der Waals surface area (Å²) in [6.45, 7) is 10.1. The monoisotopic (exact) mass is 480 g/mol. The summed E-state index contributed by atoms with van der Waals surface area (Å²) >= 11 is 0. The van der Waals surface area contributed by atoms with Crippen LogP contribution >= 0.6 is 0 Å². The van der Waals surface area contributed by atoms with Crippen molar-refractivity contribution in [2.24, 2.45) is 0 Å². The minimum absolute atomic E-state index is 0.115. The zero-order valence-corrected chi connectivity index (χ0v) is 20.6. The molecule has 0 bridgehead atoms. The number of hydrogen-bond donors (Lipinski definition) is 3. The molecular weight excluding hydrogens is 444 g/mol. The van der Waals surface area contributed by atoms with Gasteiger partial charge in [-0.15, -0.1) is 0 Å². The fourth-order valence-corrected chi connectivity index (χ4v) is 3.39. The number of hydrazine groups is 1. The van der Waals surface area contributed by atoms with E-state index in [0.717, 1.165) is 5.56 Å². The molecule has 1 fully saturated rings. The number of methoxy groups -OCH3 is 1. The number of carbonyl (C=O) groups excluding carboxylic acids is 3. The molecule has 34 heavy (non-hydrogen) atoms. The smallest absolute Gasteiger partial charge is 0.421 e. The van der Waals surface area contributed by atoms with E-state index in [1.54, 1.807) is 24.0 Å². The van der Waals surface area contributed by atoms with Crippen LogP contribution in [0.5, 0.6) is 5.75 Å². The van der Waals surface area contributed by atoms with E-state index in [2.05, 4.69) is 15.8 Å². The first-order chi connectivity index (χ1) is 15.9. The largest absolute Gasteiger partial charge is 0.508 e. The fraction of sp³-hybridized carbons (Fsp3) is 0.609. The molecular formula is C23H36N4O7. The number of nitrogens with zero attached hydrogens (tertiary/aromatic N) is 2. The van der Waals surface area contributed by atoms with Crippen LogP contribution in [0, 0.1) is 0 Å². The lowest BCUT2D eigenvalue weighted by Gasteiger charge is -2.35. The van der Waals surface area contributed by atoms with Gasteiger partial charge in [0.2, 0.25) is 0 Å². The topological polar surface area (TPSA) is 130 Å². The number of benzene rings is 1. The minimum Gasteiger partial charge on any atom is -0.508 e. The molecule has 1 aliphatic heterocycles. The summed E-state index contributed by atoms with van der Waals surface area (Å²) in [4.78, 5) is 40.4. The third kappa shape index (κ3) is 8.71. The van der Waals surface area contributed by atoms with Crippen molar-refractivity contribution in [2.45, 2.75) is 45.3 Å². The third-order valence-corrected chi connectivity index (χ3v) is 5.24. The van der Waals surface area contributed by atoms with E-state index in [-0.39, 0.29) is 24.9 Å². The summed E-state index contributed by atoms with van der Waals surface area (Å²) in [5, 5.41) is 9.43. The molecule has 1 unspecified atom stereocenters. The number of ether oxygens (including phenoxy) is 3. The molecule has 2 rings (SSSR count). The van der Waals surface area contributed by atoms with E-state index in [1.165, 1.54) is 19.2 Å². The molecule has 0 aromatic heterocycles. The fourth-order valence-electron chi connectivity index (χ4n) is 3.39. The highest BCUT2D eigenvalue weighted by Gasteiger charge is 2.35. The van der Waals surface area contributed by atoms with Crippen LogP contribution < -0.4 is 10.9 Å². The Balaban J connectivity index is 1.74. The van der Waals surface area contributed by atoms with Gasteiger partial charge in [-0.3, -0.25) is 10.3 Å². The summed E-state index contributed by atoms with van der Waals surface area (Å²) in [6, 6.07) is 6.39. The first kappa shape index (κ1) is 27.2. The van der Waals surface area contributed by atoms with Gasteiger partial charge >= 0.3 is 18.2 Å². The van der Waals surface area contributed by atoms with E-state index < -0.39 is 23.2 Å². The van der Waals surface area contributed by atoms with Gasteiger partial charge in [0.25, 0.3) is 0 Å². The Morgan fingerprint density at radius 1 is 1.03 bits per heavy atom. The minimum atomic E-state index is -1.25. The molecule has 1 aromatic rings. The Morgan fingerprint density at radius 2 is 1.65 bits per heavy atom. The van der Waals surface area contributed by atoms with E-state index in [9.17, 15) is 19.5 Å². The van der Waals surface area contributed by atoms with Gasteiger partial charge < -0.3 is 24.2 Å². The number of nitrogens with one attached hydrogen (secondary N) is 2. The SMILES string of the molecule is COC(=O)C(C)(Cc1ccc(O)cc1)NNC(=O)OCCN1CCN(C(=O)OC(C)(C)C)CC1. The Bertz CT molecular complexity index is 833. The lowest BCUT2D eigenvalue weighted by Crippen LogP contribution is -2.59. The number of phenols is 1. The molecule has 11 nitrogen and oxygen atoms in total. The molecule has 0 aliphatic carbocycles. The molecule has 1 heterocycles. The number of hydrogen-bond acceptors (Lipinski definition) is 9. The van der Waals surface area contributed by atoms with Crippen molar-refractivity contribution in [2.75, 3.05) is 46.4 Å². The average molecular weight is 481 g/mol. The molecule has 1 saturated heterocycles. The summed E-state index contributed by atoms with van der Waals surface area (Å²) in [5.41, 5.74) is 4.09. The van der Waals surface area contributed by atoms with E-state index in [0.29, 0.717) is 32.7 Å². The lowest BCUT2D eigenvalue weighted by molar-refractivity contribution is -0.148. The van der Waals surface area contributed by atoms with Crippen molar-refractivity contribution in [1.82, 2.24) is 20.7 Å². The second-order valence-electron chi connectivity index (χ2n) is 9.36. The highest BCUT2D eigenvalue weighted by atomic mass is 16.6. The van der Waals surface area contributed by atoms with Crippen molar-refractivity contribution in [1.29, 1.82) is 0 Å². The quantitative estimate of drug-likeness (QED) is 0.289. The van der Waals surface area contributed by atoms with Gasteiger partial charge in [0.15, 0.2) is 0 Å². The number of piperazine rings is 1. The van der Waals surface area contributed by atoms with Gasteiger partial charge in [0.1, 0.15) is 23.5 Å². The highest BCUT2D eigenvalue weighted by molar-refractivity contribution is 5.81. The maximum Gasteiger partial charge on any atom is 0.421 e. The number of amides is 2. The van der Waals surface area contributed by atoms with Crippen LogP contribution in [0.25, 0.3) is 0 Å². The predicted molar refractivity (Wildman–Crippen MR) is 124 cm³/mol. The number of phenolic OH excluding ortho intramolecular Hbond substituents is 1. The van der Waals surface area contributed by atoms with Gasteiger partial charge in [-0.2, -0.15) is 0 Å². The van der Waals surface area contributed by atoms with Gasteiger partial charge in [-0.1, -0.05) is 12.1 Å². The number of rotatable bonds is 8. The van der Waals surface area contributed by atoms with E-state index in [4.69, 9.17) is 14.2 Å². The molecule has 11 heteroatoms. The van der Waals surface area contributed by atoms with Crippen LogP contribution in [0.4, 0.5) is 9.59 Å². The first-order valence-electron chi connectivity index (χ1n) is 11.2. The molecule has 1 atom stereocenters.